The smallest absolute Gasteiger partial charge is 0.308 e. The molecule has 0 fully saturated rings. The van der Waals surface area contributed by atoms with Crippen molar-refractivity contribution in [1.29, 1.82) is 0 Å². The second-order valence-electron chi connectivity index (χ2n) is 12.7. The topological polar surface area (TPSA) is 105 Å². The van der Waals surface area contributed by atoms with E-state index in [1.165, 1.54) is 0 Å². The molecule has 0 heterocycles. The van der Waals surface area contributed by atoms with E-state index in [1.807, 2.05) is 55.4 Å². The summed E-state index contributed by atoms with van der Waals surface area (Å²) >= 11 is 0. The Labute approximate surface area is 224 Å². The van der Waals surface area contributed by atoms with Gasteiger partial charge in [0, 0.05) is 23.7 Å². The van der Waals surface area contributed by atoms with E-state index in [1.54, 1.807) is 27.7 Å². The Hall–Kier alpha value is -2.12. The van der Waals surface area contributed by atoms with Crippen molar-refractivity contribution in [3.63, 3.8) is 0 Å². The first-order chi connectivity index (χ1) is 16.8. The quantitative estimate of drug-likeness (QED) is 0.184. The van der Waals surface area contributed by atoms with Crippen molar-refractivity contribution in [2.45, 2.75) is 115 Å². The lowest BCUT2D eigenvalue weighted by atomic mass is 9.81. The maximum Gasteiger partial charge on any atom is 0.308 e. The molecule has 0 saturated heterocycles. The lowest BCUT2D eigenvalue weighted by Gasteiger charge is -2.36. The molecule has 0 aliphatic rings. The van der Waals surface area contributed by atoms with E-state index >= 15 is 0 Å². The number of rotatable bonds is 16. The van der Waals surface area contributed by atoms with Gasteiger partial charge in [-0.05, 0) is 18.3 Å². The highest BCUT2D eigenvalue weighted by Gasteiger charge is 2.38. The standard InChI is InChI=1S/C29H52O8/c1-18(2)24(28(9,10)16-34-26(32)20(5)6)36-22(30)14-13-15-23(31)37-25(19(3)4)29(11,12)17-35-27(33)21(7)8/h18-21,24-25H,13-17H2,1-12H3. The summed E-state index contributed by atoms with van der Waals surface area (Å²) in [7, 11) is 0. The Kier molecular flexibility index (Phi) is 14.5. The van der Waals surface area contributed by atoms with Gasteiger partial charge in [-0.15, -0.1) is 0 Å². The molecule has 0 aliphatic heterocycles. The van der Waals surface area contributed by atoms with Crippen LogP contribution in [0.2, 0.25) is 0 Å². The van der Waals surface area contributed by atoms with Crippen LogP contribution in [0.3, 0.4) is 0 Å². The van der Waals surface area contributed by atoms with Crippen molar-refractivity contribution in [1.82, 2.24) is 0 Å². The zero-order chi connectivity index (χ0) is 29.1. The Bertz CT molecular complexity index is 687. The van der Waals surface area contributed by atoms with Crippen LogP contribution in [-0.2, 0) is 38.1 Å². The second kappa shape index (κ2) is 15.3. The molecule has 0 aromatic heterocycles. The van der Waals surface area contributed by atoms with E-state index in [0.717, 1.165) is 0 Å². The lowest BCUT2D eigenvalue weighted by Crippen LogP contribution is -2.42. The van der Waals surface area contributed by atoms with E-state index in [0.29, 0.717) is 6.42 Å². The zero-order valence-corrected chi connectivity index (χ0v) is 25.3. The molecule has 2 atom stereocenters. The van der Waals surface area contributed by atoms with Gasteiger partial charge in [0.15, 0.2) is 0 Å². The molecular formula is C29H52O8. The third kappa shape index (κ3) is 12.8. The van der Waals surface area contributed by atoms with Crippen LogP contribution in [0, 0.1) is 34.5 Å². The van der Waals surface area contributed by atoms with Gasteiger partial charge >= 0.3 is 23.9 Å². The molecular weight excluding hydrogens is 476 g/mol. The molecule has 0 aromatic rings. The predicted octanol–water partition coefficient (Wildman–Crippen LogP) is 5.74. The van der Waals surface area contributed by atoms with Crippen molar-refractivity contribution in [2.24, 2.45) is 34.5 Å². The molecule has 8 heteroatoms. The molecule has 8 nitrogen and oxygen atoms in total. The van der Waals surface area contributed by atoms with Crippen molar-refractivity contribution in [2.75, 3.05) is 13.2 Å². The first kappa shape index (κ1) is 34.9. The summed E-state index contributed by atoms with van der Waals surface area (Å²) in [4.78, 5) is 49.0. The summed E-state index contributed by atoms with van der Waals surface area (Å²) in [6, 6.07) is 0. The van der Waals surface area contributed by atoms with Crippen molar-refractivity contribution >= 4 is 23.9 Å². The van der Waals surface area contributed by atoms with Crippen LogP contribution in [0.25, 0.3) is 0 Å². The molecule has 0 spiro atoms. The van der Waals surface area contributed by atoms with Crippen LogP contribution in [0.1, 0.15) is 102 Å². The van der Waals surface area contributed by atoms with Gasteiger partial charge in [-0.25, -0.2) is 0 Å². The van der Waals surface area contributed by atoms with Crippen LogP contribution < -0.4 is 0 Å². The maximum atomic E-state index is 12.6. The first-order valence-corrected chi connectivity index (χ1v) is 13.5. The summed E-state index contributed by atoms with van der Waals surface area (Å²) in [5, 5.41) is 0. The monoisotopic (exact) mass is 528 g/mol. The van der Waals surface area contributed by atoms with Gasteiger partial charge in [0.1, 0.15) is 12.2 Å². The largest absolute Gasteiger partial charge is 0.465 e. The Morgan fingerprint density at radius 2 is 0.865 bits per heavy atom. The Morgan fingerprint density at radius 1 is 0.568 bits per heavy atom. The van der Waals surface area contributed by atoms with Gasteiger partial charge in [0.2, 0.25) is 0 Å². The molecule has 0 saturated carbocycles. The van der Waals surface area contributed by atoms with Crippen molar-refractivity contribution in [3.8, 4) is 0 Å². The van der Waals surface area contributed by atoms with Crippen LogP contribution in [-0.4, -0.2) is 49.3 Å². The minimum absolute atomic E-state index is 0.0143. The minimum Gasteiger partial charge on any atom is -0.465 e. The maximum absolute atomic E-state index is 12.6. The molecule has 37 heavy (non-hydrogen) atoms. The Balaban J connectivity index is 4.90. The number of ether oxygens (including phenoxy) is 4. The van der Waals surface area contributed by atoms with Gasteiger partial charge in [-0.2, -0.15) is 0 Å². The first-order valence-electron chi connectivity index (χ1n) is 13.5. The molecule has 216 valence electrons. The van der Waals surface area contributed by atoms with Gasteiger partial charge in [-0.1, -0.05) is 83.1 Å². The fourth-order valence-corrected chi connectivity index (χ4v) is 4.19. The van der Waals surface area contributed by atoms with Gasteiger partial charge in [-0.3, -0.25) is 19.2 Å². The summed E-state index contributed by atoms with van der Waals surface area (Å²) in [5.74, 6) is -1.82. The van der Waals surface area contributed by atoms with Crippen LogP contribution >= 0.6 is 0 Å². The summed E-state index contributed by atoms with van der Waals surface area (Å²) < 4.78 is 22.3. The van der Waals surface area contributed by atoms with Gasteiger partial charge in [0.05, 0.1) is 25.0 Å². The van der Waals surface area contributed by atoms with Gasteiger partial charge < -0.3 is 18.9 Å². The lowest BCUT2D eigenvalue weighted by molar-refractivity contribution is -0.167. The molecule has 0 bridgehead atoms. The van der Waals surface area contributed by atoms with Crippen LogP contribution in [0.4, 0.5) is 0 Å². The summed E-state index contributed by atoms with van der Waals surface area (Å²) in [5.41, 5.74) is -1.13. The predicted molar refractivity (Wildman–Crippen MR) is 142 cm³/mol. The third-order valence-electron chi connectivity index (χ3n) is 6.15. The highest BCUT2D eigenvalue weighted by atomic mass is 16.6. The number of hydrogen-bond donors (Lipinski definition) is 0. The van der Waals surface area contributed by atoms with E-state index in [9.17, 15) is 19.2 Å². The second-order valence-corrected chi connectivity index (χ2v) is 12.7. The zero-order valence-electron chi connectivity index (χ0n) is 25.3. The fourth-order valence-electron chi connectivity index (χ4n) is 4.19. The minimum atomic E-state index is -0.567. The van der Waals surface area contributed by atoms with E-state index in [2.05, 4.69) is 0 Å². The fraction of sp³-hybridized carbons (Fsp3) is 0.862. The average molecular weight is 529 g/mol. The molecule has 0 rings (SSSR count). The molecule has 0 radical (unpaired) electrons. The average Bonchev–Trinajstić information content (AvgIpc) is 2.76. The summed E-state index contributed by atoms with van der Waals surface area (Å²) in [6.45, 7) is 22.8. The highest BCUT2D eigenvalue weighted by Crippen LogP contribution is 2.32. The van der Waals surface area contributed by atoms with E-state index < -0.39 is 35.0 Å². The normalized spacial score (nSPS) is 14.1. The SMILES string of the molecule is CC(C)C(=O)OCC(C)(C)C(OC(=O)CCCC(=O)OC(C(C)C)C(C)(C)COC(=O)C(C)C)C(C)C. The number of carbonyl (C=O) groups excluding carboxylic acids is 4. The molecule has 0 amide bonds. The number of carbonyl (C=O) groups is 4. The van der Waals surface area contributed by atoms with Gasteiger partial charge in [0.25, 0.3) is 0 Å². The number of esters is 4. The van der Waals surface area contributed by atoms with Crippen molar-refractivity contribution < 1.29 is 38.1 Å². The molecule has 0 aliphatic carbocycles. The molecule has 0 aromatic carbocycles. The van der Waals surface area contributed by atoms with E-state index in [4.69, 9.17) is 18.9 Å². The molecule has 0 N–H and O–H groups in total. The third-order valence-corrected chi connectivity index (χ3v) is 6.15. The van der Waals surface area contributed by atoms with Crippen LogP contribution in [0.5, 0.6) is 0 Å². The van der Waals surface area contributed by atoms with Crippen LogP contribution in [0.15, 0.2) is 0 Å². The highest BCUT2D eigenvalue weighted by molar-refractivity contribution is 5.73. The Morgan fingerprint density at radius 3 is 1.11 bits per heavy atom. The van der Waals surface area contributed by atoms with E-state index in [-0.39, 0.29) is 61.7 Å². The number of hydrogen-bond acceptors (Lipinski definition) is 8. The molecule has 2 unspecified atom stereocenters. The summed E-state index contributed by atoms with van der Waals surface area (Å²) in [6.07, 6.45) is -0.471. The van der Waals surface area contributed by atoms with Crippen molar-refractivity contribution in [3.05, 3.63) is 0 Å².